The fourth-order valence-corrected chi connectivity index (χ4v) is 0.676. The standard InChI is InChI=1S/C10H16O4/c1-8(5-7-11)9(12)4-6-10(2,3)14-13/h4-6,11,13H,7H2,1-3H3/b6-4+,8-5+. The molecule has 0 aromatic heterocycles. The number of ketones is 1. The molecule has 0 unspecified atom stereocenters. The average Bonchev–Trinajstić information content (AvgIpc) is 2.15. The van der Waals surface area contributed by atoms with E-state index < -0.39 is 5.60 Å². The lowest BCUT2D eigenvalue weighted by Gasteiger charge is -2.14. The largest absolute Gasteiger partial charge is 0.392 e. The van der Waals surface area contributed by atoms with Gasteiger partial charge in [-0.1, -0.05) is 6.08 Å². The first-order chi connectivity index (χ1) is 6.43. The summed E-state index contributed by atoms with van der Waals surface area (Å²) in [6.07, 6.45) is 4.17. The molecule has 0 aromatic carbocycles. The van der Waals surface area contributed by atoms with Crippen molar-refractivity contribution in [3.05, 3.63) is 23.8 Å². The summed E-state index contributed by atoms with van der Waals surface area (Å²) in [5.74, 6) is -0.218. The van der Waals surface area contributed by atoms with Gasteiger partial charge in [-0.2, -0.15) is 0 Å². The van der Waals surface area contributed by atoms with Crippen LogP contribution in [0.25, 0.3) is 0 Å². The SMILES string of the molecule is C/C(=C\CO)C(=O)/C=C/C(C)(C)OO. The van der Waals surface area contributed by atoms with Crippen molar-refractivity contribution in [3.63, 3.8) is 0 Å². The van der Waals surface area contributed by atoms with E-state index in [0.717, 1.165) is 0 Å². The Kier molecular flexibility index (Phi) is 5.30. The summed E-state index contributed by atoms with van der Waals surface area (Å²) in [6, 6.07) is 0. The van der Waals surface area contributed by atoms with Crippen LogP contribution < -0.4 is 0 Å². The fourth-order valence-electron chi connectivity index (χ4n) is 0.676. The van der Waals surface area contributed by atoms with Gasteiger partial charge in [-0.05, 0) is 38.5 Å². The molecule has 0 radical (unpaired) electrons. The highest BCUT2D eigenvalue weighted by Gasteiger charge is 2.14. The van der Waals surface area contributed by atoms with Crippen LogP contribution in [0.5, 0.6) is 0 Å². The Labute approximate surface area is 83.4 Å². The van der Waals surface area contributed by atoms with E-state index in [-0.39, 0.29) is 12.4 Å². The highest BCUT2D eigenvalue weighted by Crippen LogP contribution is 2.09. The van der Waals surface area contributed by atoms with Crippen LogP contribution in [0, 0.1) is 0 Å². The van der Waals surface area contributed by atoms with Crippen molar-refractivity contribution in [1.29, 1.82) is 0 Å². The van der Waals surface area contributed by atoms with E-state index in [0.29, 0.717) is 5.57 Å². The number of aliphatic hydroxyl groups excluding tert-OH is 1. The molecule has 0 spiro atoms. The van der Waals surface area contributed by atoms with Gasteiger partial charge in [0.15, 0.2) is 5.78 Å². The molecule has 14 heavy (non-hydrogen) atoms. The van der Waals surface area contributed by atoms with Crippen LogP contribution in [-0.2, 0) is 9.68 Å². The van der Waals surface area contributed by atoms with Gasteiger partial charge in [0.2, 0.25) is 0 Å². The van der Waals surface area contributed by atoms with Gasteiger partial charge < -0.3 is 5.11 Å². The van der Waals surface area contributed by atoms with E-state index in [1.165, 1.54) is 18.2 Å². The maximum absolute atomic E-state index is 11.3. The van der Waals surface area contributed by atoms with Crippen LogP contribution in [0.15, 0.2) is 23.8 Å². The molecule has 0 saturated carbocycles. The smallest absolute Gasteiger partial charge is 0.181 e. The van der Waals surface area contributed by atoms with Crippen molar-refractivity contribution >= 4 is 5.78 Å². The topological polar surface area (TPSA) is 66.8 Å². The molecule has 80 valence electrons. The summed E-state index contributed by atoms with van der Waals surface area (Å²) in [7, 11) is 0. The molecular formula is C10H16O4. The highest BCUT2D eigenvalue weighted by atomic mass is 17.1. The third kappa shape index (κ3) is 4.91. The molecule has 0 rings (SSSR count). The molecule has 0 aliphatic rings. The van der Waals surface area contributed by atoms with Crippen LogP contribution >= 0.6 is 0 Å². The first-order valence-corrected chi connectivity index (χ1v) is 4.26. The fraction of sp³-hybridized carbons (Fsp3) is 0.500. The Hall–Kier alpha value is -0.970. The number of rotatable bonds is 5. The molecule has 0 heterocycles. The normalized spacial score (nSPS) is 13.6. The summed E-state index contributed by atoms with van der Waals surface area (Å²) < 4.78 is 0. The van der Waals surface area contributed by atoms with E-state index in [1.54, 1.807) is 20.8 Å². The monoisotopic (exact) mass is 200 g/mol. The lowest BCUT2D eigenvalue weighted by Crippen LogP contribution is -2.19. The third-order valence-electron chi connectivity index (χ3n) is 1.66. The second kappa shape index (κ2) is 5.70. The summed E-state index contributed by atoms with van der Waals surface area (Å²) in [5.41, 5.74) is -0.424. The third-order valence-corrected chi connectivity index (χ3v) is 1.66. The van der Waals surface area contributed by atoms with Gasteiger partial charge in [0.25, 0.3) is 0 Å². The molecule has 0 atom stereocenters. The molecule has 0 bridgehead atoms. The van der Waals surface area contributed by atoms with Crippen LogP contribution in [0.1, 0.15) is 20.8 Å². The number of carbonyl (C=O) groups excluding carboxylic acids is 1. The molecule has 0 saturated heterocycles. The van der Waals surface area contributed by atoms with Crippen molar-refractivity contribution in [2.75, 3.05) is 6.61 Å². The van der Waals surface area contributed by atoms with Crippen molar-refractivity contribution in [2.24, 2.45) is 0 Å². The molecule has 0 aliphatic heterocycles. The van der Waals surface area contributed by atoms with Gasteiger partial charge in [-0.3, -0.25) is 10.1 Å². The quantitative estimate of drug-likeness (QED) is 0.399. The minimum Gasteiger partial charge on any atom is -0.392 e. The molecule has 0 aliphatic carbocycles. The van der Waals surface area contributed by atoms with Gasteiger partial charge >= 0.3 is 0 Å². The molecule has 4 heteroatoms. The van der Waals surface area contributed by atoms with Crippen LogP contribution in [-0.4, -0.2) is 28.4 Å². The maximum Gasteiger partial charge on any atom is 0.181 e. The van der Waals surface area contributed by atoms with Crippen LogP contribution in [0.4, 0.5) is 0 Å². The van der Waals surface area contributed by atoms with Crippen molar-refractivity contribution in [2.45, 2.75) is 26.4 Å². The number of carbonyl (C=O) groups is 1. The number of aliphatic hydroxyl groups is 1. The Morgan fingerprint density at radius 1 is 1.50 bits per heavy atom. The number of hydrogen-bond donors (Lipinski definition) is 2. The van der Waals surface area contributed by atoms with Crippen LogP contribution in [0.3, 0.4) is 0 Å². The van der Waals surface area contributed by atoms with Crippen molar-refractivity contribution in [3.8, 4) is 0 Å². The summed E-state index contributed by atoms with van der Waals surface area (Å²) in [5, 5.41) is 17.0. The zero-order valence-corrected chi connectivity index (χ0v) is 8.65. The van der Waals surface area contributed by atoms with Crippen molar-refractivity contribution < 1.29 is 20.0 Å². The molecule has 0 amide bonds. The number of hydrogen-bond acceptors (Lipinski definition) is 4. The Morgan fingerprint density at radius 2 is 2.07 bits per heavy atom. The Balaban J connectivity index is 4.40. The first kappa shape index (κ1) is 13.0. The lowest BCUT2D eigenvalue weighted by atomic mass is 10.1. The zero-order valence-electron chi connectivity index (χ0n) is 8.65. The predicted molar refractivity (Wildman–Crippen MR) is 52.8 cm³/mol. The molecule has 4 nitrogen and oxygen atoms in total. The molecule has 2 N–H and O–H groups in total. The summed E-state index contributed by atoms with van der Waals surface area (Å²) >= 11 is 0. The second-order valence-corrected chi connectivity index (χ2v) is 3.46. The zero-order chi connectivity index (χ0) is 11.2. The van der Waals surface area contributed by atoms with E-state index in [9.17, 15) is 4.79 Å². The highest BCUT2D eigenvalue weighted by molar-refractivity contribution is 6.03. The average molecular weight is 200 g/mol. The van der Waals surface area contributed by atoms with Crippen molar-refractivity contribution in [1.82, 2.24) is 0 Å². The van der Waals surface area contributed by atoms with E-state index in [4.69, 9.17) is 10.4 Å². The van der Waals surface area contributed by atoms with Gasteiger partial charge in [-0.15, -0.1) is 0 Å². The van der Waals surface area contributed by atoms with Gasteiger partial charge in [0.05, 0.1) is 6.61 Å². The minimum atomic E-state index is -0.880. The lowest BCUT2D eigenvalue weighted by molar-refractivity contribution is -0.297. The first-order valence-electron chi connectivity index (χ1n) is 4.26. The Morgan fingerprint density at radius 3 is 2.50 bits per heavy atom. The predicted octanol–water partition coefficient (Wildman–Crippen LogP) is 1.32. The molecule has 0 aromatic rings. The number of allylic oxidation sites excluding steroid dienone is 2. The summed E-state index contributed by atoms with van der Waals surface area (Å²) in [6.45, 7) is 4.67. The van der Waals surface area contributed by atoms with Gasteiger partial charge in [0, 0.05) is 0 Å². The van der Waals surface area contributed by atoms with E-state index in [1.807, 2.05) is 0 Å². The summed E-state index contributed by atoms with van der Waals surface area (Å²) in [4.78, 5) is 15.4. The van der Waals surface area contributed by atoms with Gasteiger partial charge in [-0.25, -0.2) is 4.89 Å². The maximum atomic E-state index is 11.3. The van der Waals surface area contributed by atoms with Gasteiger partial charge in [0.1, 0.15) is 5.60 Å². The minimum absolute atomic E-state index is 0.161. The van der Waals surface area contributed by atoms with Crippen LogP contribution in [0.2, 0.25) is 0 Å². The second-order valence-electron chi connectivity index (χ2n) is 3.46. The Bertz CT molecular complexity index is 251. The van der Waals surface area contributed by atoms with E-state index >= 15 is 0 Å². The molecular weight excluding hydrogens is 184 g/mol. The molecule has 0 fully saturated rings. The van der Waals surface area contributed by atoms with E-state index in [2.05, 4.69) is 4.89 Å².